The summed E-state index contributed by atoms with van der Waals surface area (Å²) >= 11 is 0. The molecule has 0 radical (unpaired) electrons. The van der Waals surface area contributed by atoms with E-state index in [4.69, 9.17) is 0 Å². The van der Waals surface area contributed by atoms with Gasteiger partial charge < -0.3 is 9.69 Å². The van der Waals surface area contributed by atoms with Crippen LogP contribution >= 0.6 is 0 Å². The van der Waals surface area contributed by atoms with Gasteiger partial charge in [0.25, 0.3) is 0 Å². The SMILES string of the molecule is CC(=O)CN(CC=O)c1ccc2c(c1)CCC2=O. The molecule has 0 spiro atoms. The molecule has 4 nitrogen and oxygen atoms in total. The summed E-state index contributed by atoms with van der Waals surface area (Å²) in [7, 11) is 0. The normalized spacial score (nSPS) is 13.3. The number of anilines is 1. The minimum Gasteiger partial charge on any atom is -0.357 e. The average molecular weight is 245 g/mol. The van der Waals surface area contributed by atoms with Crippen molar-refractivity contribution in [3.05, 3.63) is 29.3 Å². The summed E-state index contributed by atoms with van der Waals surface area (Å²) in [6.07, 6.45) is 2.08. The Bertz CT molecular complexity index is 508. The van der Waals surface area contributed by atoms with E-state index < -0.39 is 0 Å². The first-order valence-electron chi connectivity index (χ1n) is 5.96. The average Bonchev–Trinajstić information content (AvgIpc) is 2.70. The van der Waals surface area contributed by atoms with Crippen LogP contribution in [0, 0.1) is 0 Å². The van der Waals surface area contributed by atoms with Crippen LogP contribution in [0.15, 0.2) is 18.2 Å². The highest BCUT2D eigenvalue weighted by molar-refractivity contribution is 6.00. The Morgan fingerprint density at radius 1 is 1.39 bits per heavy atom. The lowest BCUT2D eigenvalue weighted by molar-refractivity contribution is -0.115. The summed E-state index contributed by atoms with van der Waals surface area (Å²) in [6.45, 7) is 1.90. The van der Waals surface area contributed by atoms with E-state index in [1.807, 2.05) is 6.07 Å². The predicted molar refractivity (Wildman–Crippen MR) is 68.1 cm³/mol. The lowest BCUT2D eigenvalue weighted by atomic mass is 10.1. The van der Waals surface area contributed by atoms with E-state index in [0.717, 1.165) is 29.5 Å². The number of fused-ring (bicyclic) bond motifs is 1. The zero-order valence-electron chi connectivity index (χ0n) is 10.3. The number of aldehydes is 1. The molecule has 1 aliphatic carbocycles. The topological polar surface area (TPSA) is 54.5 Å². The maximum Gasteiger partial charge on any atom is 0.163 e. The van der Waals surface area contributed by atoms with Gasteiger partial charge in [-0.25, -0.2) is 0 Å². The highest BCUT2D eigenvalue weighted by Gasteiger charge is 2.20. The fourth-order valence-corrected chi connectivity index (χ4v) is 2.26. The van der Waals surface area contributed by atoms with Crippen molar-refractivity contribution in [2.24, 2.45) is 0 Å². The first-order valence-corrected chi connectivity index (χ1v) is 5.96. The Morgan fingerprint density at radius 2 is 2.17 bits per heavy atom. The van der Waals surface area contributed by atoms with Gasteiger partial charge in [0.1, 0.15) is 12.1 Å². The van der Waals surface area contributed by atoms with Crippen molar-refractivity contribution in [3.63, 3.8) is 0 Å². The van der Waals surface area contributed by atoms with Gasteiger partial charge in [-0.2, -0.15) is 0 Å². The third-order valence-electron chi connectivity index (χ3n) is 3.08. The van der Waals surface area contributed by atoms with Crippen LogP contribution in [-0.2, 0) is 16.0 Å². The molecule has 0 atom stereocenters. The molecular weight excluding hydrogens is 230 g/mol. The summed E-state index contributed by atoms with van der Waals surface area (Å²) in [6, 6.07) is 5.50. The van der Waals surface area contributed by atoms with Gasteiger partial charge in [0, 0.05) is 17.7 Å². The molecule has 4 heteroatoms. The number of hydrogen-bond acceptors (Lipinski definition) is 4. The Hall–Kier alpha value is -1.97. The molecular formula is C14H15NO3. The molecule has 0 amide bonds. The number of ketones is 2. The highest BCUT2D eigenvalue weighted by Crippen LogP contribution is 2.26. The van der Waals surface area contributed by atoms with E-state index >= 15 is 0 Å². The van der Waals surface area contributed by atoms with Crippen LogP contribution in [0.1, 0.15) is 29.3 Å². The van der Waals surface area contributed by atoms with E-state index in [2.05, 4.69) is 0 Å². The number of Topliss-reactive ketones (excluding diaryl/α,β-unsaturated/α-hetero) is 2. The van der Waals surface area contributed by atoms with Crippen molar-refractivity contribution in [2.75, 3.05) is 18.0 Å². The second kappa shape index (κ2) is 5.12. The molecule has 0 aromatic heterocycles. The molecule has 94 valence electrons. The van der Waals surface area contributed by atoms with E-state index in [1.54, 1.807) is 17.0 Å². The van der Waals surface area contributed by atoms with Gasteiger partial charge in [0.05, 0.1) is 13.1 Å². The minimum absolute atomic E-state index is 0.00780. The molecule has 0 fully saturated rings. The molecule has 0 aliphatic heterocycles. The lowest BCUT2D eigenvalue weighted by Crippen LogP contribution is -2.30. The zero-order chi connectivity index (χ0) is 13.1. The van der Waals surface area contributed by atoms with Gasteiger partial charge in [0.15, 0.2) is 5.78 Å². The third-order valence-corrected chi connectivity index (χ3v) is 3.08. The number of carbonyl (C=O) groups is 3. The quantitative estimate of drug-likeness (QED) is 0.736. The second-order valence-electron chi connectivity index (χ2n) is 4.51. The van der Waals surface area contributed by atoms with Gasteiger partial charge in [-0.05, 0) is 37.1 Å². The first kappa shape index (κ1) is 12.5. The summed E-state index contributed by atoms with van der Waals surface area (Å²) < 4.78 is 0. The molecule has 1 aliphatic rings. The molecule has 0 saturated heterocycles. The Morgan fingerprint density at radius 3 is 2.83 bits per heavy atom. The maximum atomic E-state index is 11.5. The number of aryl methyl sites for hydroxylation is 1. The molecule has 0 bridgehead atoms. The van der Waals surface area contributed by atoms with Crippen molar-refractivity contribution in [1.29, 1.82) is 0 Å². The van der Waals surface area contributed by atoms with E-state index in [9.17, 15) is 14.4 Å². The van der Waals surface area contributed by atoms with Crippen LogP contribution in [0.25, 0.3) is 0 Å². The third kappa shape index (κ3) is 2.47. The van der Waals surface area contributed by atoms with Gasteiger partial charge in [-0.3, -0.25) is 9.59 Å². The van der Waals surface area contributed by atoms with E-state index in [0.29, 0.717) is 6.42 Å². The molecule has 1 aromatic rings. The highest BCUT2D eigenvalue weighted by atomic mass is 16.1. The predicted octanol–water partition coefficient (Wildman–Crippen LogP) is 1.41. The molecule has 0 heterocycles. The summed E-state index contributed by atoms with van der Waals surface area (Å²) in [4.78, 5) is 35.1. The van der Waals surface area contributed by atoms with Crippen molar-refractivity contribution in [3.8, 4) is 0 Å². The van der Waals surface area contributed by atoms with Crippen molar-refractivity contribution in [2.45, 2.75) is 19.8 Å². The Labute approximate surface area is 106 Å². The molecule has 0 unspecified atom stereocenters. The van der Waals surface area contributed by atoms with Gasteiger partial charge >= 0.3 is 0 Å². The standard InChI is InChI=1S/C14H15NO3/c1-10(17)9-15(6-7-16)12-3-4-13-11(8-12)2-5-14(13)18/h3-4,7-8H,2,5-6,9H2,1H3. The van der Waals surface area contributed by atoms with Crippen LogP contribution in [-0.4, -0.2) is 30.9 Å². The van der Waals surface area contributed by atoms with Crippen molar-refractivity contribution >= 4 is 23.5 Å². The van der Waals surface area contributed by atoms with Crippen LogP contribution in [0.2, 0.25) is 0 Å². The van der Waals surface area contributed by atoms with Gasteiger partial charge in [0.2, 0.25) is 0 Å². The summed E-state index contributed by atoms with van der Waals surface area (Å²) in [5.74, 6) is 0.179. The molecule has 2 rings (SSSR count). The van der Waals surface area contributed by atoms with Crippen molar-refractivity contribution < 1.29 is 14.4 Å². The smallest absolute Gasteiger partial charge is 0.163 e. The van der Waals surface area contributed by atoms with Gasteiger partial charge in [-0.15, -0.1) is 0 Å². The number of rotatable bonds is 5. The van der Waals surface area contributed by atoms with Crippen LogP contribution < -0.4 is 4.90 Å². The number of benzene rings is 1. The second-order valence-corrected chi connectivity index (χ2v) is 4.51. The fraction of sp³-hybridized carbons (Fsp3) is 0.357. The zero-order valence-corrected chi connectivity index (χ0v) is 10.3. The van der Waals surface area contributed by atoms with Crippen LogP contribution in [0.4, 0.5) is 5.69 Å². The minimum atomic E-state index is 0.00780. The van der Waals surface area contributed by atoms with E-state index in [1.165, 1.54) is 6.92 Å². The Kier molecular flexibility index (Phi) is 3.55. The number of nitrogens with zero attached hydrogens (tertiary/aromatic N) is 1. The lowest BCUT2D eigenvalue weighted by Gasteiger charge is -2.21. The molecule has 0 N–H and O–H groups in total. The first-order chi connectivity index (χ1) is 8.61. The van der Waals surface area contributed by atoms with Crippen molar-refractivity contribution in [1.82, 2.24) is 0 Å². The summed E-state index contributed by atoms with van der Waals surface area (Å²) in [5, 5.41) is 0. The fourth-order valence-electron chi connectivity index (χ4n) is 2.26. The largest absolute Gasteiger partial charge is 0.357 e. The molecule has 18 heavy (non-hydrogen) atoms. The van der Waals surface area contributed by atoms with Crippen LogP contribution in [0.3, 0.4) is 0 Å². The van der Waals surface area contributed by atoms with E-state index in [-0.39, 0.29) is 24.7 Å². The Balaban J connectivity index is 2.28. The van der Waals surface area contributed by atoms with Crippen LogP contribution in [0.5, 0.6) is 0 Å². The molecule has 1 aromatic carbocycles. The maximum absolute atomic E-state index is 11.5. The monoisotopic (exact) mass is 245 g/mol. The summed E-state index contributed by atoms with van der Waals surface area (Å²) in [5.41, 5.74) is 2.61. The van der Waals surface area contributed by atoms with Gasteiger partial charge in [-0.1, -0.05) is 0 Å². The number of hydrogen-bond donors (Lipinski definition) is 0. The molecule has 0 saturated carbocycles. The number of carbonyl (C=O) groups excluding carboxylic acids is 3.